The molecule has 0 amide bonds. The smallest absolute Gasteiger partial charge is 0.305 e. The van der Waals surface area contributed by atoms with Crippen molar-refractivity contribution in [2.45, 2.75) is 44.8 Å². The number of allylic oxidation sites excluding steroid dienone is 2. The predicted molar refractivity (Wildman–Crippen MR) is 101 cm³/mol. The monoisotopic (exact) mass is 386 g/mol. The highest BCUT2D eigenvalue weighted by Gasteiger charge is 2.05. The molecular formula is C19H24Cl2O4. The van der Waals surface area contributed by atoms with E-state index in [0.717, 1.165) is 5.56 Å². The molecule has 0 aromatic heterocycles. The molecule has 2 atom stereocenters. The summed E-state index contributed by atoms with van der Waals surface area (Å²) in [6, 6.07) is 5.24. The van der Waals surface area contributed by atoms with E-state index < -0.39 is 12.2 Å². The van der Waals surface area contributed by atoms with Crippen molar-refractivity contribution in [1.29, 1.82) is 0 Å². The molecule has 0 bridgehead atoms. The number of carbonyl (C=O) groups is 1. The van der Waals surface area contributed by atoms with Crippen molar-refractivity contribution in [2.75, 3.05) is 6.61 Å². The Morgan fingerprint density at radius 1 is 1.16 bits per heavy atom. The topological polar surface area (TPSA) is 66.8 Å². The molecule has 0 aliphatic carbocycles. The molecule has 2 N–H and O–H groups in total. The molecule has 6 heteroatoms. The predicted octanol–water partition coefficient (Wildman–Crippen LogP) is 4.10. The third-order valence-electron chi connectivity index (χ3n) is 3.39. The molecule has 4 nitrogen and oxygen atoms in total. The average molecular weight is 387 g/mol. The highest BCUT2D eigenvalue weighted by atomic mass is 35.5. The van der Waals surface area contributed by atoms with Crippen molar-refractivity contribution in [1.82, 2.24) is 0 Å². The molecule has 0 heterocycles. The average Bonchev–Trinajstić information content (AvgIpc) is 2.55. The van der Waals surface area contributed by atoms with Crippen LogP contribution in [0.1, 0.15) is 31.7 Å². The molecule has 0 aliphatic rings. The minimum absolute atomic E-state index is 0.246. The summed E-state index contributed by atoms with van der Waals surface area (Å²) in [7, 11) is 0. The van der Waals surface area contributed by atoms with Crippen molar-refractivity contribution in [2.24, 2.45) is 0 Å². The van der Waals surface area contributed by atoms with Crippen molar-refractivity contribution in [3.8, 4) is 0 Å². The summed E-state index contributed by atoms with van der Waals surface area (Å²) in [6.07, 6.45) is 7.07. The van der Waals surface area contributed by atoms with E-state index in [2.05, 4.69) is 0 Å². The number of esters is 1. The highest BCUT2D eigenvalue weighted by Crippen LogP contribution is 2.23. The van der Waals surface area contributed by atoms with Crippen LogP contribution in [0.15, 0.2) is 42.5 Å². The van der Waals surface area contributed by atoms with E-state index in [-0.39, 0.29) is 5.97 Å². The number of ether oxygens (including phenoxy) is 1. The van der Waals surface area contributed by atoms with Gasteiger partial charge >= 0.3 is 5.97 Å². The Morgan fingerprint density at radius 3 is 2.48 bits per heavy atom. The van der Waals surface area contributed by atoms with E-state index >= 15 is 0 Å². The summed E-state index contributed by atoms with van der Waals surface area (Å²) in [5, 5.41) is 20.7. The summed E-state index contributed by atoms with van der Waals surface area (Å²) < 4.78 is 4.82. The molecule has 0 saturated heterocycles. The summed E-state index contributed by atoms with van der Waals surface area (Å²) in [5.74, 6) is -0.246. The summed E-state index contributed by atoms with van der Waals surface area (Å²) >= 11 is 11.8. The first kappa shape index (κ1) is 21.7. The Labute approximate surface area is 158 Å². The Morgan fingerprint density at radius 2 is 1.84 bits per heavy atom. The molecule has 0 fully saturated rings. The maximum atomic E-state index is 11.2. The lowest BCUT2D eigenvalue weighted by Gasteiger charge is -2.07. The minimum Gasteiger partial charge on any atom is -0.466 e. The highest BCUT2D eigenvalue weighted by molar-refractivity contribution is 6.42. The van der Waals surface area contributed by atoms with Crippen molar-refractivity contribution in [3.63, 3.8) is 0 Å². The van der Waals surface area contributed by atoms with Crippen LogP contribution in [-0.4, -0.2) is 35.0 Å². The van der Waals surface area contributed by atoms with Gasteiger partial charge in [0.1, 0.15) is 0 Å². The third-order valence-corrected chi connectivity index (χ3v) is 4.13. The Hall–Kier alpha value is -1.33. The van der Waals surface area contributed by atoms with Crippen molar-refractivity contribution < 1.29 is 19.7 Å². The van der Waals surface area contributed by atoms with Gasteiger partial charge < -0.3 is 14.9 Å². The normalized spacial score (nSPS) is 14.1. The Balaban J connectivity index is 2.31. The first-order valence-electron chi connectivity index (χ1n) is 8.23. The molecule has 1 aromatic rings. The fourth-order valence-electron chi connectivity index (χ4n) is 2.15. The molecule has 138 valence electrons. The summed E-state index contributed by atoms with van der Waals surface area (Å²) in [5.41, 5.74) is 0.884. The summed E-state index contributed by atoms with van der Waals surface area (Å²) in [6.45, 7) is 2.13. The number of aliphatic hydroxyl groups is 2. The molecule has 0 aliphatic heterocycles. The fraction of sp³-hybridized carbons (Fsp3) is 0.421. The van der Waals surface area contributed by atoms with E-state index in [9.17, 15) is 15.0 Å². The van der Waals surface area contributed by atoms with Gasteiger partial charge in [-0.2, -0.15) is 0 Å². The van der Waals surface area contributed by atoms with Gasteiger partial charge in [-0.25, -0.2) is 0 Å². The number of aliphatic hydroxyl groups excluding tert-OH is 2. The third kappa shape index (κ3) is 9.66. The second kappa shape index (κ2) is 12.1. The summed E-state index contributed by atoms with van der Waals surface area (Å²) in [4.78, 5) is 11.2. The zero-order valence-electron chi connectivity index (χ0n) is 14.2. The van der Waals surface area contributed by atoms with Gasteiger partial charge in [-0.15, -0.1) is 0 Å². The van der Waals surface area contributed by atoms with E-state index in [4.69, 9.17) is 27.9 Å². The van der Waals surface area contributed by atoms with Crippen LogP contribution in [0.25, 0.3) is 0 Å². The lowest BCUT2D eigenvalue weighted by atomic mass is 10.1. The van der Waals surface area contributed by atoms with Gasteiger partial charge in [-0.05, 0) is 37.5 Å². The standard InChI is InChI=1S/C19H24Cl2O4/c1-2-25-19(24)9-5-8-15(22)6-3-4-7-16(23)12-14-10-11-17(20)18(21)13-14/h3-4,6-7,10-11,13,15-16,22-23H,2,5,8-9,12H2,1H3/b6-3+,7-4+/t15-,16+/m1/s1. The zero-order valence-corrected chi connectivity index (χ0v) is 15.7. The van der Waals surface area contributed by atoms with Gasteiger partial charge in [0, 0.05) is 12.8 Å². The van der Waals surface area contributed by atoms with Crippen LogP contribution in [0, 0.1) is 0 Å². The molecule has 1 aromatic carbocycles. The molecule has 0 radical (unpaired) electrons. The minimum atomic E-state index is -0.664. The van der Waals surface area contributed by atoms with Crippen LogP contribution in [-0.2, 0) is 16.0 Å². The second-order valence-corrected chi connectivity index (χ2v) is 6.37. The number of hydrogen-bond acceptors (Lipinski definition) is 4. The zero-order chi connectivity index (χ0) is 18.7. The van der Waals surface area contributed by atoms with Crippen LogP contribution in [0.4, 0.5) is 0 Å². The van der Waals surface area contributed by atoms with Crippen LogP contribution >= 0.6 is 23.2 Å². The number of benzene rings is 1. The van der Waals surface area contributed by atoms with E-state index in [1.54, 1.807) is 43.4 Å². The quantitative estimate of drug-likeness (QED) is 0.469. The Kier molecular flexibility index (Phi) is 10.5. The van der Waals surface area contributed by atoms with E-state index in [0.29, 0.717) is 42.3 Å². The maximum absolute atomic E-state index is 11.2. The van der Waals surface area contributed by atoms with Crippen molar-refractivity contribution >= 4 is 29.2 Å². The van der Waals surface area contributed by atoms with Gasteiger partial charge in [0.15, 0.2) is 0 Å². The molecule has 0 unspecified atom stereocenters. The van der Waals surface area contributed by atoms with Crippen LogP contribution in [0.2, 0.25) is 10.0 Å². The first-order chi connectivity index (χ1) is 11.9. The largest absolute Gasteiger partial charge is 0.466 e. The second-order valence-electron chi connectivity index (χ2n) is 5.55. The van der Waals surface area contributed by atoms with Gasteiger partial charge in [0.25, 0.3) is 0 Å². The van der Waals surface area contributed by atoms with E-state index in [1.807, 2.05) is 6.07 Å². The Bertz CT molecular complexity index is 599. The molecular weight excluding hydrogens is 363 g/mol. The molecule has 0 saturated carbocycles. The van der Waals surface area contributed by atoms with E-state index in [1.165, 1.54) is 0 Å². The van der Waals surface area contributed by atoms with Crippen LogP contribution in [0.3, 0.4) is 0 Å². The molecule has 1 rings (SSSR count). The van der Waals surface area contributed by atoms with Gasteiger partial charge in [0.2, 0.25) is 0 Å². The first-order valence-corrected chi connectivity index (χ1v) is 8.98. The van der Waals surface area contributed by atoms with Gasteiger partial charge in [-0.3, -0.25) is 4.79 Å². The fourth-order valence-corrected chi connectivity index (χ4v) is 2.47. The maximum Gasteiger partial charge on any atom is 0.305 e. The lowest BCUT2D eigenvalue weighted by Crippen LogP contribution is -2.07. The molecule has 25 heavy (non-hydrogen) atoms. The van der Waals surface area contributed by atoms with Crippen molar-refractivity contribution in [3.05, 3.63) is 58.1 Å². The van der Waals surface area contributed by atoms with Crippen LogP contribution < -0.4 is 0 Å². The number of carbonyl (C=O) groups excluding carboxylic acids is 1. The number of hydrogen-bond donors (Lipinski definition) is 2. The number of halogens is 2. The number of rotatable bonds is 10. The van der Waals surface area contributed by atoms with Gasteiger partial charge in [0.05, 0.1) is 28.9 Å². The van der Waals surface area contributed by atoms with Gasteiger partial charge in [-0.1, -0.05) is 53.6 Å². The SMILES string of the molecule is CCOC(=O)CCC[C@H](O)/C=C/C=C/[C@H](O)Cc1ccc(Cl)c(Cl)c1. The molecule has 0 spiro atoms. The lowest BCUT2D eigenvalue weighted by molar-refractivity contribution is -0.143. The van der Waals surface area contributed by atoms with Crippen LogP contribution in [0.5, 0.6) is 0 Å².